The van der Waals surface area contributed by atoms with Crippen molar-refractivity contribution in [3.8, 4) is 11.3 Å². The number of hydrogen-bond donors (Lipinski definition) is 0. The molecule has 5 rings (SSSR count). The molecule has 3 aromatic heterocycles. The molecule has 0 fully saturated rings. The van der Waals surface area contributed by atoms with Crippen LogP contribution in [0.15, 0.2) is 77.0 Å². The van der Waals surface area contributed by atoms with Crippen LogP contribution in [-0.2, 0) is 11.3 Å². The summed E-state index contributed by atoms with van der Waals surface area (Å²) in [6, 6.07) is 18.6. The summed E-state index contributed by atoms with van der Waals surface area (Å²) in [7, 11) is 0. The highest BCUT2D eigenvalue weighted by Crippen LogP contribution is 2.26. The van der Waals surface area contributed by atoms with Gasteiger partial charge < -0.3 is 4.74 Å². The van der Waals surface area contributed by atoms with Crippen molar-refractivity contribution < 1.29 is 9.53 Å². The third kappa shape index (κ3) is 3.71. The van der Waals surface area contributed by atoms with E-state index in [0.29, 0.717) is 21.9 Å². The van der Waals surface area contributed by atoms with E-state index in [4.69, 9.17) is 9.72 Å². The topological polar surface area (TPSA) is 73.6 Å². The molecule has 0 saturated carbocycles. The summed E-state index contributed by atoms with van der Waals surface area (Å²) in [6.45, 7) is 1.88. The van der Waals surface area contributed by atoms with E-state index in [9.17, 15) is 9.59 Å². The Morgan fingerprint density at radius 3 is 2.74 bits per heavy atom. The Balaban J connectivity index is 1.52. The van der Waals surface area contributed by atoms with E-state index in [1.165, 1.54) is 21.8 Å². The molecule has 0 aliphatic heterocycles. The van der Waals surface area contributed by atoms with Gasteiger partial charge in [0.2, 0.25) is 0 Å². The highest BCUT2D eigenvalue weighted by molar-refractivity contribution is 7.15. The number of fused-ring (bicyclic) bond motifs is 2. The third-order valence-corrected chi connectivity index (χ3v) is 5.72. The van der Waals surface area contributed by atoms with Crippen molar-refractivity contribution in [2.24, 2.45) is 0 Å². The zero-order valence-electron chi connectivity index (χ0n) is 16.6. The number of pyridine rings is 1. The molecular formula is C24H17N3O3S. The molecule has 2 aromatic carbocycles. The lowest BCUT2D eigenvalue weighted by Crippen LogP contribution is -2.15. The van der Waals surface area contributed by atoms with Gasteiger partial charge >= 0.3 is 5.97 Å². The summed E-state index contributed by atoms with van der Waals surface area (Å²) < 4.78 is 7.02. The second-order valence-electron chi connectivity index (χ2n) is 7.16. The minimum Gasteiger partial charge on any atom is -0.456 e. The number of esters is 1. The number of rotatable bonds is 4. The van der Waals surface area contributed by atoms with Crippen molar-refractivity contribution in [3.05, 3.63) is 99.4 Å². The third-order valence-electron chi connectivity index (χ3n) is 4.96. The van der Waals surface area contributed by atoms with E-state index < -0.39 is 5.97 Å². The first-order chi connectivity index (χ1) is 15.1. The molecule has 5 aromatic rings. The number of nitrogens with zero attached hydrogens (tertiary/aromatic N) is 3. The van der Waals surface area contributed by atoms with Crippen molar-refractivity contribution in [1.82, 2.24) is 14.4 Å². The van der Waals surface area contributed by atoms with Crippen LogP contribution < -0.4 is 5.56 Å². The van der Waals surface area contributed by atoms with Gasteiger partial charge in [0.05, 0.1) is 22.5 Å². The number of thiazole rings is 1. The average molecular weight is 427 g/mol. The fourth-order valence-corrected chi connectivity index (χ4v) is 4.18. The molecule has 3 heterocycles. The Morgan fingerprint density at radius 1 is 1.06 bits per heavy atom. The van der Waals surface area contributed by atoms with Crippen molar-refractivity contribution in [3.63, 3.8) is 0 Å². The van der Waals surface area contributed by atoms with Crippen LogP contribution in [0.4, 0.5) is 0 Å². The maximum absolute atomic E-state index is 13.1. The minimum absolute atomic E-state index is 0.0845. The normalized spacial score (nSPS) is 11.1. The van der Waals surface area contributed by atoms with Gasteiger partial charge in [-0.15, -0.1) is 11.3 Å². The zero-order valence-corrected chi connectivity index (χ0v) is 17.4. The van der Waals surface area contributed by atoms with E-state index in [1.54, 1.807) is 17.6 Å². The first kappa shape index (κ1) is 19.1. The van der Waals surface area contributed by atoms with Crippen LogP contribution >= 0.6 is 11.3 Å². The molecule has 31 heavy (non-hydrogen) atoms. The van der Waals surface area contributed by atoms with E-state index in [-0.39, 0.29) is 12.2 Å². The fraction of sp³-hybridized carbons (Fsp3) is 0.0833. The summed E-state index contributed by atoms with van der Waals surface area (Å²) in [5, 5.41) is 2.52. The number of ether oxygens (including phenoxy) is 1. The van der Waals surface area contributed by atoms with Gasteiger partial charge in [-0.2, -0.15) is 0 Å². The monoisotopic (exact) mass is 427 g/mol. The average Bonchev–Trinajstić information content (AvgIpc) is 3.27. The van der Waals surface area contributed by atoms with Gasteiger partial charge in [0, 0.05) is 28.6 Å². The Hall–Kier alpha value is -3.84. The second kappa shape index (κ2) is 7.77. The van der Waals surface area contributed by atoms with Gasteiger partial charge in [0.1, 0.15) is 6.61 Å². The van der Waals surface area contributed by atoms with E-state index in [2.05, 4.69) is 4.98 Å². The van der Waals surface area contributed by atoms with Crippen LogP contribution in [0.3, 0.4) is 0 Å². The number of carbonyl (C=O) groups excluding carboxylic acids is 1. The Kier molecular flexibility index (Phi) is 4.80. The maximum atomic E-state index is 13.1. The molecule has 0 aliphatic rings. The summed E-state index contributed by atoms with van der Waals surface area (Å²) in [5.41, 5.74) is 4.00. The number of aromatic nitrogens is 3. The smallest absolute Gasteiger partial charge is 0.339 e. The first-order valence-electron chi connectivity index (χ1n) is 9.68. The van der Waals surface area contributed by atoms with Gasteiger partial charge in [0.25, 0.3) is 5.56 Å². The second-order valence-corrected chi connectivity index (χ2v) is 8.03. The molecule has 0 aliphatic carbocycles. The first-order valence-corrected chi connectivity index (χ1v) is 10.6. The molecule has 0 unspecified atom stereocenters. The predicted octanol–water partition coefficient (Wildman–Crippen LogP) is 4.64. The van der Waals surface area contributed by atoms with Crippen molar-refractivity contribution in [2.75, 3.05) is 0 Å². The molecule has 0 saturated heterocycles. The van der Waals surface area contributed by atoms with Gasteiger partial charge in [-0.05, 0) is 25.1 Å². The summed E-state index contributed by atoms with van der Waals surface area (Å²) in [6.07, 6.45) is 1.67. The van der Waals surface area contributed by atoms with Crippen molar-refractivity contribution in [1.29, 1.82) is 0 Å². The Morgan fingerprint density at radius 2 is 1.90 bits per heavy atom. The summed E-state index contributed by atoms with van der Waals surface area (Å²) >= 11 is 1.35. The standard InChI is InChI=1S/C24H17N3O3S/c1-15-7-8-20-18(11-15)19(13-21(26-20)16-5-3-2-4-6-16)23(29)30-14-17-12-22(28)27-9-10-31-24(27)25-17/h2-13H,14H2,1H3. The van der Waals surface area contributed by atoms with Crippen LogP contribution in [0.5, 0.6) is 0 Å². The van der Waals surface area contributed by atoms with Crippen LogP contribution in [0.1, 0.15) is 21.6 Å². The van der Waals surface area contributed by atoms with Crippen LogP contribution in [0.2, 0.25) is 0 Å². The predicted molar refractivity (Wildman–Crippen MR) is 120 cm³/mol. The van der Waals surface area contributed by atoms with Crippen molar-refractivity contribution in [2.45, 2.75) is 13.5 Å². The highest BCUT2D eigenvalue weighted by Gasteiger charge is 2.16. The molecule has 0 amide bonds. The number of aryl methyl sites for hydroxylation is 1. The van der Waals surface area contributed by atoms with Crippen LogP contribution in [-0.4, -0.2) is 20.3 Å². The van der Waals surface area contributed by atoms with E-state index >= 15 is 0 Å². The zero-order chi connectivity index (χ0) is 21.4. The van der Waals surface area contributed by atoms with Gasteiger partial charge in [0.15, 0.2) is 4.96 Å². The number of hydrogen-bond acceptors (Lipinski definition) is 6. The van der Waals surface area contributed by atoms with Gasteiger partial charge in [-0.3, -0.25) is 9.20 Å². The lowest BCUT2D eigenvalue weighted by Gasteiger charge is -2.11. The number of benzene rings is 2. The molecule has 0 bridgehead atoms. The highest BCUT2D eigenvalue weighted by atomic mass is 32.1. The molecule has 0 N–H and O–H groups in total. The molecule has 7 heteroatoms. The molecule has 6 nitrogen and oxygen atoms in total. The molecule has 152 valence electrons. The minimum atomic E-state index is -0.483. The van der Waals surface area contributed by atoms with Gasteiger partial charge in [-0.1, -0.05) is 42.0 Å². The summed E-state index contributed by atoms with van der Waals surface area (Å²) in [5.74, 6) is -0.483. The molecule has 0 atom stereocenters. The van der Waals surface area contributed by atoms with Crippen molar-refractivity contribution >= 4 is 33.2 Å². The maximum Gasteiger partial charge on any atom is 0.339 e. The van der Waals surface area contributed by atoms with E-state index in [0.717, 1.165) is 22.0 Å². The SMILES string of the molecule is Cc1ccc2nc(-c3ccccc3)cc(C(=O)OCc3cc(=O)n4ccsc4n3)c2c1. The van der Waals surface area contributed by atoms with Crippen LogP contribution in [0.25, 0.3) is 27.1 Å². The lowest BCUT2D eigenvalue weighted by atomic mass is 10.0. The number of carbonyl (C=O) groups is 1. The molecule has 0 spiro atoms. The Labute approximate surface area is 181 Å². The quantitative estimate of drug-likeness (QED) is 0.391. The summed E-state index contributed by atoms with van der Waals surface area (Å²) in [4.78, 5) is 34.9. The molecular weight excluding hydrogens is 410 g/mol. The Bertz CT molecular complexity index is 1490. The van der Waals surface area contributed by atoms with E-state index in [1.807, 2.05) is 55.5 Å². The fourth-order valence-electron chi connectivity index (χ4n) is 3.44. The largest absolute Gasteiger partial charge is 0.456 e. The van der Waals surface area contributed by atoms with Crippen LogP contribution in [0, 0.1) is 6.92 Å². The van der Waals surface area contributed by atoms with Gasteiger partial charge in [-0.25, -0.2) is 14.8 Å². The molecule has 0 radical (unpaired) electrons. The lowest BCUT2D eigenvalue weighted by molar-refractivity contribution is 0.0470.